The zero-order chi connectivity index (χ0) is 15.4. The fourth-order valence-electron chi connectivity index (χ4n) is 1.63. The summed E-state index contributed by atoms with van der Waals surface area (Å²) in [7, 11) is 1.24. The molecule has 1 heterocycles. The van der Waals surface area contributed by atoms with E-state index >= 15 is 0 Å². The molecule has 21 heavy (non-hydrogen) atoms. The van der Waals surface area contributed by atoms with Crippen molar-refractivity contribution in [1.82, 2.24) is 4.98 Å². The predicted octanol–water partition coefficient (Wildman–Crippen LogP) is 2.20. The van der Waals surface area contributed by atoms with Gasteiger partial charge in [0, 0.05) is 0 Å². The molecule has 0 radical (unpaired) electrons. The van der Waals surface area contributed by atoms with Gasteiger partial charge in [0.2, 0.25) is 0 Å². The number of nitrogens with one attached hydrogen (secondary N) is 1. The molecule has 0 fully saturated rings. The van der Waals surface area contributed by atoms with Crippen LogP contribution >= 0.6 is 0 Å². The van der Waals surface area contributed by atoms with Crippen LogP contribution in [0.4, 0.5) is 21.6 Å². The van der Waals surface area contributed by atoms with E-state index in [4.69, 9.17) is 11.0 Å². The molecule has 3 N–H and O–H groups in total. The van der Waals surface area contributed by atoms with E-state index in [0.29, 0.717) is 5.69 Å². The summed E-state index contributed by atoms with van der Waals surface area (Å²) >= 11 is 0. The molecule has 0 bridgehead atoms. The molecule has 2 aromatic rings. The number of rotatable bonds is 3. The number of pyridine rings is 1. The van der Waals surface area contributed by atoms with Gasteiger partial charge in [0.1, 0.15) is 11.9 Å². The number of nitrogens with zero attached hydrogens (tertiary/aromatic N) is 2. The summed E-state index contributed by atoms with van der Waals surface area (Å²) in [4.78, 5) is 15.5. The second-order valence-corrected chi connectivity index (χ2v) is 4.05. The van der Waals surface area contributed by atoms with Crippen LogP contribution in [0.15, 0.2) is 30.3 Å². The summed E-state index contributed by atoms with van der Waals surface area (Å²) in [5.74, 6) is -0.958. The Balaban J connectivity index is 2.40. The van der Waals surface area contributed by atoms with Gasteiger partial charge in [-0.3, -0.25) is 0 Å². The number of hydrogen-bond donors (Lipinski definition) is 2. The molecular weight excluding hydrogens is 275 g/mol. The van der Waals surface area contributed by atoms with Crippen LogP contribution in [0.1, 0.15) is 16.1 Å². The molecular formula is C14H11FN4O2. The van der Waals surface area contributed by atoms with Crippen LogP contribution in [0.25, 0.3) is 0 Å². The van der Waals surface area contributed by atoms with Crippen LogP contribution in [0, 0.1) is 17.1 Å². The Morgan fingerprint density at radius 3 is 2.86 bits per heavy atom. The monoisotopic (exact) mass is 286 g/mol. The minimum Gasteiger partial charge on any atom is -0.464 e. The van der Waals surface area contributed by atoms with Crippen molar-refractivity contribution in [3.63, 3.8) is 0 Å². The van der Waals surface area contributed by atoms with Gasteiger partial charge in [0.15, 0.2) is 11.5 Å². The zero-order valence-electron chi connectivity index (χ0n) is 11.1. The average Bonchev–Trinajstić information content (AvgIpc) is 2.50. The first kappa shape index (κ1) is 14.3. The van der Waals surface area contributed by atoms with Gasteiger partial charge in [-0.1, -0.05) is 0 Å². The lowest BCUT2D eigenvalue weighted by molar-refractivity contribution is 0.0594. The van der Waals surface area contributed by atoms with E-state index in [-0.39, 0.29) is 22.8 Å². The lowest BCUT2D eigenvalue weighted by atomic mass is 10.2. The zero-order valence-corrected chi connectivity index (χ0v) is 11.1. The Morgan fingerprint density at radius 1 is 1.43 bits per heavy atom. The number of halogens is 1. The summed E-state index contributed by atoms with van der Waals surface area (Å²) in [6, 6.07) is 8.44. The maximum atomic E-state index is 13.1. The third kappa shape index (κ3) is 3.06. The highest BCUT2D eigenvalue weighted by Gasteiger charge is 2.12. The molecule has 0 aliphatic carbocycles. The van der Waals surface area contributed by atoms with Gasteiger partial charge in [-0.05, 0) is 30.3 Å². The molecule has 1 aromatic heterocycles. The minimum atomic E-state index is -0.613. The number of benzene rings is 1. The van der Waals surface area contributed by atoms with E-state index in [2.05, 4.69) is 15.0 Å². The highest BCUT2D eigenvalue weighted by atomic mass is 19.1. The van der Waals surface area contributed by atoms with E-state index in [1.165, 1.54) is 31.4 Å². The van der Waals surface area contributed by atoms with E-state index < -0.39 is 11.8 Å². The smallest absolute Gasteiger partial charge is 0.356 e. The molecule has 0 amide bonds. The topological polar surface area (TPSA) is 101 Å². The molecule has 6 nitrogen and oxygen atoms in total. The van der Waals surface area contributed by atoms with Crippen LogP contribution in [0.2, 0.25) is 0 Å². The highest BCUT2D eigenvalue weighted by molar-refractivity contribution is 5.89. The third-order valence-corrected chi connectivity index (χ3v) is 2.68. The standard InChI is InChI=1S/C14H11FN4O2/c1-21-14(20)12-5-3-10(17)13(19-12)18-11-4-2-9(15)6-8(11)7-16/h2-6H,17H2,1H3,(H,18,19). The van der Waals surface area contributed by atoms with Gasteiger partial charge in [-0.15, -0.1) is 0 Å². The summed E-state index contributed by atoms with van der Waals surface area (Å²) in [6.07, 6.45) is 0. The number of aromatic nitrogens is 1. The van der Waals surface area contributed by atoms with Gasteiger partial charge in [0.05, 0.1) is 24.0 Å². The van der Waals surface area contributed by atoms with E-state index in [0.717, 1.165) is 6.07 Å². The van der Waals surface area contributed by atoms with Gasteiger partial charge < -0.3 is 15.8 Å². The molecule has 0 spiro atoms. The lowest BCUT2D eigenvalue weighted by Gasteiger charge is -2.10. The quantitative estimate of drug-likeness (QED) is 0.839. The van der Waals surface area contributed by atoms with Gasteiger partial charge >= 0.3 is 5.97 Å². The van der Waals surface area contributed by atoms with Crippen LogP contribution in [0.3, 0.4) is 0 Å². The lowest BCUT2D eigenvalue weighted by Crippen LogP contribution is -2.08. The van der Waals surface area contributed by atoms with Crippen molar-refractivity contribution in [3.05, 3.63) is 47.4 Å². The summed E-state index contributed by atoms with van der Waals surface area (Å²) < 4.78 is 17.7. The molecule has 2 rings (SSSR count). The number of ether oxygens (including phenoxy) is 1. The molecule has 0 unspecified atom stereocenters. The van der Waals surface area contributed by atoms with Crippen molar-refractivity contribution in [2.45, 2.75) is 0 Å². The van der Waals surface area contributed by atoms with Crippen LogP contribution < -0.4 is 11.1 Å². The minimum absolute atomic E-state index is 0.0646. The van der Waals surface area contributed by atoms with Crippen molar-refractivity contribution < 1.29 is 13.9 Å². The van der Waals surface area contributed by atoms with Crippen molar-refractivity contribution in [1.29, 1.82) is 5.26 Å². The van der Waals surface area contributed by atoms with Crippen LogP contribution in [-0.4, -0.2) is 18.1 Å². The van der Waals surface area contributed by atoms with E-state index in [1.807, 2.05) is 6.07 Å². The molecule has 0 atom stereocenters. The third-order valence-electron chi connectivity index (χ3n) is 2.68. The second-order valence-electron chi connectivity index (χ2n) is 4.05. The molecule has 106 valence electrons. The fourth-order valence-corrected chi connectivity index (χ4v) is 1.63. The van der Waals surface area contributed by atoms with Crippen molar-refractivity contribution in [3.8, 4) is 6.07 Å². The Bertz CT molecular complexity index is 740. The van der Waals surface area contributed by atoms with E-state index in [1.54, 1.807) is 0 Å². The Labute approximate surface area is 120 Å². The fraction of sp³-hybridized carbons (Fsp3) is 0.0714. The molecule has 7 heteroatoms. The first-order chi connectivity index (χ1) is 10.0. The number of hydrogen-bond acceptors (Lipinski definition) is 6. The average molecular weight is 286 g/mol. The highest BCUT2D eigenvalue weighted by Crippen LogP contribution is 2.24. The molecule has 0 aliphatic heterocycles. The summed E-state index contributed by atoms with van der Waals surface area (Å²) in [5.41, 5.74) is 6.54. The number of methoxy groups -OCH3 is 1. The SMILES string of the molecule is COC(=O)c1ccc(N)c(Nc2ccc(F)cc2C#N)n1. The molecule has 0 saturated heterocycles. The maximum Gasteiger partial charge on any atom is 0.356 e. The summed E-state index contributed by atoms with van der Waals surface area (Å²) in [6.45, 7) is 0. The first-order valence-electron chi connectivity index (χ1n) is 5.86. The van der Waals surface area contributed by atoms with Crippen molar-refractivity contribution >= 4 is 23.2 Å². The number of carbonyl (C=O) groups is 1. The number of esters is 1. The molecule has 0 saturated carbocycles. The van der Waals surface area contributed by atoms with E-state index in [9.17, 15) is 9.18 Å². The van der Waals surface area contributed by atoms with Crippen molar-refractivity contribution in [2.75, 3.05) is 18.2 Å². The number of nitrogen functional groups attached to an aromatic ring is 1. The Hall–Kier alpha value is -3.14. The van der Waals surface area contributed by atoms with Gasteiger partial charge in [0.25, 0.3) is 0 Å². The summed E-state index contributed by atoms with van der Waals surface area (Å²) in [5, 5.41) is 11.8. The largest absolute Gasteiger partial charge is 0.464 e. The van der Waals surface area contributed by atoms with Gasteiger partial charge in [-0.25, -0.2) is 14.2 Å². The Morgan fingerprint density at radius 2 is 2.19 bits per heavy atom. The number of nitrogens with two attached hydrogens (primary N) is 1. The second kappa shape index (κ2) is 5.88. The first-order valence-corrected chi connectivity index (χ1v) is 5.86. The number of carbonyl (C=O) groups excluding carboxylic acids is 1. The molecule has 0 aliphatic rings. The number of nitriles is 1. The normalized spacial score (nSPS) is 9.76. The van der Waals surface area contributed by atoms with Crippen LogP contribution in [0.5, 0.6) is 0 Å². The van der Waals surface area contributed by atoms with Gasteiger partial charge in [-0.2, -0.15) is 5.26 Å². The predicted molar refractivity (Wildman–Crippen MR) is 74.4 cm³/mol. The number of anilines is 3. The maximum absolute atomic E-state index is 13.1. The van der Waals surface area contributed by atoms with Crippen molar-refractivity contribution in [2.24, 2.45) is 0 Å². The molecule has 1 aromatic carbocycles. The van der Waals surface area contributed by atoms with Crippen LogP contribution in [-0.2, 0) is 4.74 Å². The Kier molecular flexibility index (Phi) is 4.00.